The summed E-state index contributed by atoms with van der Waals surface area (Å²) in [6.07, 6.45) is 1.49. The number of carbonyl (C=O) groups excluding carboxylic acids is 2. The van der Waals surface area contributed by atoms with Crippen LogP contribution in [0.4, 0.5) is 0 Å². The summed E-state index contributed by atoms with van der Waals surface area (Å²) < 4.78 is 1.22. The normalized spacial score (nSPS) is 10.1. The second-order valence-corrected chi connectivity index (χ2v) is 4.57. The molecule has 1 rings (SSSR count). The molecule has 2 amide bonds. The zero-order valence-corrected chi connectivity index (χ0v) is 11.8. The van der Waals surface area contributed by atoms with Crippen LogP contribution in [0.15, 0.2) is 23.1 Å². The first-order valence-corrected chi connectivity index (χ1v) is 6.39. The summed E-state index contributed by atoms with van der Waals surface area (Å²) in [5, 5.41) is 2.57. The Labute approximate surface area is 116 Å². The van der Waals surface area contributed by atoms with Gasteiger partial charge in [-0.3, -0.25) is 14.4 Å². The molecule has 104 valence electrons. The minimum absolute atomic E-state index is 0.0239. The topological polar surface area (TPSA) is 71.4 Å². The highest BCUT2D eigenvalue weighted by Gasteiger charge is 2.13. The Morgan fingerprint density at radius 2 is 2.11 bits per heavy atom. The lowest BCUT2D eigenvalue weighted by Gasteiger charge is -2.12. The number of pyridine rings is 1. The zero-order chi connectivity index (χ0) is 14.4. The molecule has 1 aromatic heterocycles. The highest BCUT2D eigenvalue weighted by Crippen LogP contribution is 1.94. The van der Waals surface area contributed by atoms with Gasteiger partial charge in [0.1, 0.15) is 12.1 Å². The van der Waals surface area contributed by atoms with Crippen molar-refractivity contribution in [1.82, 2.24) is 14.8 Å². The molecular weight excluding hydrogens is 266 g/mol. The minimum atomic E-state index is -0.477. The van der Waals surface area contributed by atoms with Crippen LogP contribution < -0.4 is 10.9 Å². The summed E-state index contributed by atoms with van der Waals surface area (Å²) in [4.78, 5) is 36.7. The van der Waals surface area contributed by atoms with Crippen molar-refractivity contribution in [2.75, 3.05) is 26.4 Å². The molecule has 0 radical (unpaired) electrons. The SMILES string of the molecule is CN(C)C(=O)Cn1cccc(C(=O)NCCS)c1=O. The maximum absolute atomic E-state index is 12.0. The molecule has 0 aromatic carbocycles. The van der Waals surface area contributed by atoms with E-state index in [2.05, 4.69) is 17.9 Å². The summed E-state index contributed by atoms with van der Waals surface area (Å²) >= 11 is 3.97. The Hall–Kier alpha value is -1.76. The molecule has 0 bridgehead atoms. The van der Waals surface area contributed by atoms with Crippen molar-refractivity contribution in [2.45, 2.75) is 6.54 Å². The molecule has 0 aliphatic rings. The van der Waals surface area contributed by atoms with E-state index in [-0.39, 0.29) is 18.0 Å². The van der Waals surface area contributed by atoms with Crippen LogP contribution in [0.25, 0.3) is 0 Å². The van der Waals surface area contributed by atoms with Gasteiger partial charge in [0.05, 0.1) is 0 Å². The van der Waals surface area contributed by atoms with E-state index in [4.69, 9.17) is 0 Å². The maximum atomic E-state index is 12.0. The first-order chi connectivity index (χ1) is 8.97. The van der Waals surface area contributed by atoms with Gasteiger partial charge >= 0.3 is 0 Å². The number of aromatic nitrogens is 1. The van der Waals surface area contributed by atoms with Gasteiger partial charge in [0.15, 0.2) is 0 Å². The van der Waals surface area contributed by atoms with Crippen LogP contribution in [-0.4, -0.2) is 47.7 Å². The molecule has 0 saturated heterocycles. The average Bonchev–Trinajstić information content (AvgIpc) is 2.38. The number of nitrogens with one attached hydrogen (secondary N) is 1. The van der Waals surface area contributed by atoms with E-state index < -0.39 is 11.5 Å². The van der Waals surface area contributed by atoms with Gasteiger partial charge in [-0.25, -0.2) is 0 Å². The third-order valence-corrected chi connectivity index (χ3v) is 2.69. The summed E-state index contributed by atoms with van der Waals surface area (Å²) in [7, 11) is 3.22. The number of rotatable bonds is 5. The van der Waals surface area contributed by atoms with E-state index in [9.17, 15) is 14.4 Å². The number of thiol groups is 1. The lowest BCUT2D eigenvalue weighted by Crippen LogP contribution is -2.36. The van der Waals surface area contributed by atoms with Crippen LogP contribution in [0.3, 0.4) is 0 Å². The smallest absolute Gasteiger partial charge is 0.263 e. The predicted octanol–water partition coefficient (Wildman–Crippen LogP) is -0.404. The van der Waals surface area contributed by atoms with Gasteiger partial charge in [0.25, 0.3) is 11.5 Å². The van der Waals surface area contributed by atoms with E-state index in [0.717, 1.165) is 0 Å². The number of hydrogen-bond donors (Lipinski definition) is 2. The van der Waals surface area contributed by atoms with Crippen molar-refractivity contribution in [3.63, 3.8) is 0 Å². The number of hydrogen-bond acceptors (Lipinski definition) is 4. The van der Waals surface area contributed by atoms with Gasteiger partial charge in [0, 0.05) is 32.6 Å². The maximum Gasteiger partial charge on any atom is 0.263 e. The molecule has 0 aliphatic heterocycles. The molecule has 0 saturated carbocycles. The lowest BCUT2D eigenvalue weighted by atomic mass is 10.2. The van der Waals surface area contributed by atoms with Gasteiger partial charge < -0.3 is 14.8 Å². The zero-order valence-electron chi connectivity index (χ0n) is 10.9. The third-order valence-electron chi connectivity index (χ3n) is 2.47. The number of nitrogens with zero attached hydrogens (tertiary/aromatic N) is 2. The van der Waals surface area contributed by atoms with Gasteiger partial charge in [-0.1, -0.05) is 0 Å². The fourth-order valence-corrected chi connectivity index (χ4v) is 1.50. The summed E-state index contributed by atoms with van der Waals surface area (Å²) in [6.45, 7) is 0.298. The summed E-state index contributed by atoms with van der Waals surface area (Å²) in [5.41, 5.74) is -0.454. The Kier molecular flexibility index (Phi) is 5.62. The fourth-order valence-electron chi connectivity index (χ4n) is 1.39. The summed E-state index contributed by atoms with van der Waals surface area (Å²) in [5.74, 6) is -0.174. The Morgan fingerprint density at radius 3 is 2.68 bits per heavy atom. The Bertz CT molecular complexity index is 525. The quantitative estimate of drug-likeness (QED) is 0.722. The number of amides is 2. The first kappa shape index (κ1) is 15.3. The Balaban J connectivity index is 2.95. The largest absolute Gasteiger partial charge is 0.351 e. The van der Waals surface area contributed by atoms with Crippen LogP contribution >= 0.6 is 12.6 Å². The minimum Gasteiger partial charge on any atom is -0.351 e. The van der Waals surface area contributed by atoms with E-state index >= 15 is 0 Å². The van der Waals surface area contributed by atoms with Crippen molar-refractivity contribution in [2.24, 2.45) is 0 Å². The molecule has 0 aliphatic carbocycles. The first-order valence-electron chi connectivity index (χ1n) is 5.76. The van der Waals surface area contributed by atoms with Crippen molar-refractivity contribution in [3.05, 3.63) is 34.2 Å². The fraction of sp³-hybridized carbons (Fsp3) is 0.417. The van der Waals surface area contributed by atoms with Crippen LogP contribution in [0.2, 0.25) is 0 Å². The van der Waals surface area contributed by atoms with Crippen molar-refractivity contribution < 1.29 is 9.59 Å². The molecule has 1 N–H and O–H groups in total. The summed E-state index contributed by atoms with van der Waals surface area (Å²) in [6, 6.07) is 3.01. The van der Waals surface area contributed by atoms with Crippen LogP contribution in [0, 0.1) is 0 Å². The highest BCUT2D eigenvalue weighted by molar-refractivity contribution is 7.80. The Morgan fingerprint density at radius 1 is 1.42 bits per heavy atom. The van der Waals surface area contributed by atoms with Gasteiger partial charge in [0.2, 0.25) is 5.91 Å². The van der Waals surface area contributed by atoms with Crippen molar-refractivity contribution >= 4 is 24.4 Å². The van der Waals surface area contributed by atoms with E-state index in [1.54, 1.807) is 20.2 Å². The molecule has 0 unspecified atom stereocenters. The van der Waals surface area contributed by atoms with E-state index in [1.165, 1.54) is 21.7 Å². The molecule has 0 atom stereocenters. The van der Waals surface area contributed by atoms with Crippen molar-refractivity contribution in [1.29, 1.82) is 0 Å². The predicted molar refractivity (Wildman–Crippen MR) is 75.6 cm³/mol. The van der Waals surface area contributed by atoms with Gasteiger partial charge in [-0.15, -0.1) is 0 Å². The van der Waals surface area contributed by atoms with Gasteiger partial charge in [-0.2, -0.15) is 12.6 Å². The van der Waals surface area contributed by atoms with Gasteiger partial charge in [-0.05, 0) is 12.1 Å². The van der Waals surface area contributed by atoms with Crippen molar-refractivity contribution in [3.8, 4) is 0 Å². The van der Waals surface area contributed by atoms with E-state index in [1.807, 2.05) is 0 Å². The number of carbonyl (C=O) groups is 2. The molecular formula is C12H17N3O3S. The molecule has 19 heavy (non-hydrogen) atoms. The molecule has 1 aromatic rings. The lowest BCUT2D eigenvalue weighted by molar-refractivity contribution is -0.129. The monoisotopic (exact) mass is 283 g/mol. The van der Waals surface area contributed by atoms with E-state index in [0.29, 0.717) is 12.3 Å². The standard InChI is InChI=1S/C12H17N3O3S/c1-14(2)10(16)8-15-6-3-4-9(12(15)18)11(17)13-5-7-19/h3-4,6,19H,5,7-8H2,1-2H3,(H,13,17). The molecule has 7 heteroatoms. The molecule has 6 nitrogen and oxygen atoms in total. The highest BCUT2D eigenvalue weighted by atomic mass is 32.1. The average molecular weight is 283 g/mol. The van der Waals surface area contributed by atoms with Crippen LogP contribution in [0.5, 0.6) is 0 Å². The van der Waals surface area contributed by atoms with Crippen LogP contribution in [0.1, 0.15) is 10.4 Å². The second kappa shape index (κ2) is 6.98. The number of likely N-dealkylation sites (N-methyl/N-ethyl adjacent to an activating group) is 1. The molecule has 0 spiro atoms. The third kappa shape index (κ3) is 4.13. The second-order valence-electron chi connectivity index (χ2n) is 4.12. The molecule has 0 fully saturated rings. The van der Waals surface area contributed by atoms with Crippen LogP contribution in [-0.2, 0) is 11.3 Å². The molecule has 1 heterocycles.